The van der Waals surface area contributed by atoms with E-state index in [-0.39, 0.29) is 18.3 Å². The van der Waals surface area contributed by atoms with Gasteiger partial charge in [-0.05, 0) is 37.6 Å². The minimum absolute atomic E-state index is 0.146. The van der Waals surface area contributed by atoms with Crippen molar-refractivity contribution in [2.45, 2.75) is 32.2 Å². The van der Waals surface area contributed by atoms with Crippen LogP contribution in [0.3, 0.4) is 0 Å². The van der Waals surface area contributed by atoms with Crippen molar-refractivity contribution in [2.24, 2.45) is 0 Å². The van der Waals surface area contributed by atoms with E-state index in [2.05, 4.69) is 28.2 Å². The van der Waals surface area contributed by atoms with Crippen LogP contribution in [0.4, 0.5) is 5.69 Å². The summed E-state index contributed by atoms with van der Waals surface area (Å²) in [5, 5.41) is 12.0. The molecular weight excluding hydrogens is 440 g/mol. The summed E-state index contributed by atoms with van der Waals surface area (Å²) >= 11 is 1.29. The predicted molar refractivity (Wildman–Crippen MR) is 129 cm³/mol. The lowest BCUT2D eigenvalue weighted by Crippen LogP contribution is -2.15. The Morgan fingerprint density at radius 3 is 2.61 bits per heavy atom. The number of benzene rings is 2. The zero-order chi connectivity index (χ0) is 23.8. The highest BCUT2D eigenvalue weighted by molar-refractivity contribution is 7.99. The van der Waals surface area contributed by atoms with E-state index < -0.39 is 0 Å². The Morgan fingerprint density at radius 1 is 1.12 bits per heavy atom. The van der Waals surface area contributed by atoms with E-state index in [4.69, 9.17) is 14.2 Å². The first-order valence-electron chi connectivity index (χ1n) is 10.3. The average Bonchev–Trinajstić information content (AvgIpc) is 3.18. The van der Waals surface area contributed by atoms with Crippen LogP contribution in [-0.4, -0.2) is 40.6 Å². The summed E-state index contributed by atoms with van der Waals surface area (Å²) in [4.78, 5) is 12.6. The molecule has 1 heterocycles. The van der Waals surface area contributed by atoms with Gasteiger partial charge in [-0.1, -0.05) is 35.5 Å². The summed E-state index contributed by atoms with van der Waals surface area (Å²) < 4.78 is 18.4. The maximum atomic E-state index is 12.6. The highest BCUT2D eigenvalue weighted by atomic mass is 32.2. The molecule has 0 bridgehead atoms. The second-order valence-corrected chi connectivity index (χ2v) is 8.20. The Kier molecular flexibility index (Phi) is 8.37. The zero-order valence-electron chi connectivity index (χ0n) is 19.3. The summed E-state index contributed by atoms with van der Waals surface area (Å²) in [6.07, 6.45) is 1.76. The second kappa shape index (κ2) is 11.4. The van der Waals surface area contributed by atoms with Gasteiger partial charge < -0.3 is 19.5 Å². The van der Waals surface area contributed by atoms with E-state index in [0.29, 0.717) is 34.7 Å². The molecule has 0 fully saturated rings. The number of hydrogen-bond donors (Lipinski definition) is 1. The summed E-state index contributed by atoms with van der Waals surface area (Å²) in [7, 11) is 3.11. The van der Waals surface area contributed by atoms with Gasteiger partial charge in [0.05, 0.1) is 25.7 Å². The molecule has 0 aliphatic heterocycles. The van der Waals surface area contributed by atoms with Crippen LogP contribution in [0.25, 0.3) is 0 Å². The standard InChI is InChI=1S/C24H28N4O4S/c1-6-11-28-22(14-32-20-9-7-16(2)12-17(20)3)26-27-24(28)33-15-23(29)25-19-13-18(30-4)8-10-21(19)31-5/h6-10,12-13H,1,11,14-15H2,2-5H3,(H,25,29). The van der Waals surface area contributed by atoms with Crippen molar-refractivity contribution < 1.29 is 19.0 Å². The van der Waals surface area contributed by atoms with Crippen molar-refractivity contribution in [1.29, 1.82) is 0 Å². The number of carbonyl (C=O) groups excluding carboxylic acids is 1. The van der Waals surface area contributed by atoms with Crippen LogP contribution in [-0.2, 0) is 17.9 Å². The van der Waals surface area contributed by atoms with Gasteiger partial charge in [-0.2, -0.15) is 0 Å². The normalized spacial score (nSPS) is 10.5. The monoisotopic (exact) mass is 468 g/mol. The van der Waals surface area contributed by atoms with Crippen LogP contribution in [0.2, 0.25) is 0 Å². The molecular formula is C24H28N4O4S. The van der Waals surface area contributed by atoms with Crippen molar-refractivity contribution >= 4 is 23.4 Å². The third kappa shape index (κ3) is 6.29. The number of aromatic nitrogens is 3. The maximum Gasteiger partial charge on any atom is 0.234 e. The van der Waals surface area contributed by atoms with Crippen molar-refractivity contribution in [3.8, 4) is 17.2 Å². The predicted octanol–water partition coefficient (Wildman–Crippen LogP) is 4.41. The highest BCUT2D eigenvalue weighted by Crippen LogP contribution is 2.29. The molecule has 0 aliphatic carbocycles. The molecule has 0 saturated carbocycles. The average molecular weight is 469 g/mol. The number of carbonyl (C=O) groups is 1. The lowest BCUT2D eigenvalue weighted by atomic mass is 10.1. The Balaban J connectivity index is 1.65. The molecule has 1 amide bonds. The van der Waals surface area contributed by atoms with Gasteiger partial charge in [-0.15, -0.1) is 16.8 Å². The summed E-state index contributed by atoms with van der Waals surface area (Å²) in [6.45, 7) is 8.63. The molecule has 3 rings (SSSR count). The Morgan fingerprint density at radius 2 is 1.91 bits per heavy atom. The van der Waals surface area contributed by atoms with Crippen LogP contribution in [0, 0.1) is 13.8 Å². The van der Waals surface area contributed by atoms with Gasteiger partial charge in [0.1, 0.15) is 23.9 Å². The quantitative estimate of drug-likeness (QED) is 0.329. The molecule has 8 nitrogen and oxygen atoms in total. The van der Waals surface area contributed by atoms with Gasteiger partial charge in [0.15, 0.2) is 11.0 Å². The first-order chi connectivity index (χ1) is 15.9. The molecule has 0 atom stereocenters. The molecule has 1 N–H and O–H groups in total. The Labute approximate surface area is 198 Å². The Hall–Kier alpha value is -3.46. The van der Waals surface area contributed by atoms with E-state index in [0.717, 1.165) is 11.3 Å². The van der Waals surface area contributed by atoms with Gasteiger partial charge in [0, 0.05) is 12.6 Å². The van der Waals surface area contributed by atoms with E-state index >= 15 is 0 Å². The lowest BCUT2D eigenvalue weighted by Gasteiger charge is -2.12. The van der Waals surface area contributed by atoms with Gasteiger partial charge in [0.25, 0.3) is 0 Å². The fraction of sp³-hybridized carbons (Fsp3) is 0.292. The minimum Gasteiger partial charge on any atom is -0.497 e. The second-order valence-electron chi connectivity index (χ2n) is 7.26. The van der Waals surface area contributed by atoms with Crippen molar-refractivity contribution in [3.63, 3.8) is 0 Å². The summed E-state index contributed by atoms with van der Waals surface area (Å²) in [5.41, 5.74) is 2.78. The summed E-state index contributed by atoms with van der Waals surface area (Å²) in [6, 6.07) is 11.2. The molecule has 0 saturated heterocycles. The number of nitrogens with one attached hydrogen (secondary N) is 1. The molecule has 0 radical (unpaired) electrons. The minimum atomic E-state index is -0.201. The number of rotatable bonds is 11. The number of ether oxygens (including phenoxy) is 3. The molecule has 9 heteroatoms. The van der Waals surface area contributed by atoms with Crippen LogP contribution < -0.4 is 19.5 Å². The van der Waals surface area contributed by atoms with Crippen molar-refractivity contribution in [3.05, 3.63) is 66.0 Å². The number of methoxy groups -OCH3 is 2. The molecule has 33 heavy (non-hydrogen) atoms. The van der Waals surface area contributed by atoms with E-state index in [1.54, 1.807) is 38.5 Å². The zero-order valence-corrected chi connectivity index (χ0v) is 20.1. The third-order valence-electron chi connectivity index (χ3n) is 4.81. The van der Waals surface area contributed by atoms with E-state index in [1.807, 2.05) is 30.5 Å². The number of aryl methyl sites for hydroxylation is 2. The SMILES string of the molecule is C=CCn1c(COc2ccc(C)cc2C)nnc1SCC(=O)Nc1cc(OC)ccc1OC. The van der Waals surface area contributed by atoms with Gasteiger partial charge in [-0.3, -0.25) is 9.36 Å². The van der Waals surface area contributed by atoms with Crippen LogP contribution in [0.5, 0.6) is 17.2 Å². The molecule has 0 aliphatic rings. The number of anilines is 1. The molecule has 2 aromatic carbocycles. The van der Waals surface area contributed by atoms with E-state index in [1.165, 1.54) is 17.3 Å². The van der Waals surface area contributed by atoms with Gasteiger partial charge >= 0.3 is 0 Å². The maximum absolute atomic E-state index is 12.6. The van der Waals surface area contributed by atoms with Crippen LogP contribution in [0.1, 0.15) is 17.0 Å². The Bertz CT molecular complexity index is 1130. The number of hydrogen-bond acceptors (Lipinski definition) is 7. The smallest absolute Gasteiger partial charge is 0.234 e. The fourth-order valence-electron chi connectivity index (χ4n) is 3.18. The molecule has 174 valence electrons. The highest BCUT2D eigenvalue weighted by Gasteiger charge is 2.16. The number of thioether (sulfide) groups is 1. The molecule has 0 spiro atoms. The summed E-state index contributed by atoms with van der Waals surface area (Å²) in [5.74, 6) is 2.58. The number of amides is 1. The molecule has 3 aromatic rings. The van der Waals surface area contributed by atoms with Crippen molar-refractivity contribution in [1.82, 2.24) is 14.8 Å². The fourth-order valence-corrected chi connectivity index (χ4v) is 3.94. The lowest BCUT2D eigenvalue weighted by molar-refractivity contribution is -0.113. The molecule has 0 unspecified atom stereocenters. The first-order valence-corrected chi connectivity index (χ1v) is 11.3. The number of allylic oxidation sites excluding steroid dienone is 1. The van der Waals surface area contributed by atoms with Gasteiger partial charge in [-0.25, -0.2) is 0 Å². The van der Waals surface area contributed by atoms with Crippen LogP contribution in [0.15, 0.2) is 54.2 Å². The van der Waals surface area contributed by atoms with Gasteiger partial charge in [0.2, 0.25) is 5.91 Å². The topological polar surface area (TPSA) is 87.5 Å². The van der Waals surface area contributed by atoms with E-state index in [9.17, 15) is 4.79 Å². The third-order valence-corrected chi connectivity index (χ3v) is 5.77. The van der Waals surface area contributed by atoms with Crippen molar-refractivity contribution in [2.75, 3.05) is 25.3 Å². The van der Waals surface area contributed by atoms with Crippen LogP contribution >= 0.6 is 11.8 Å². The molecule has 1 aromatic heterocycles. The largest absolute Gasteiger partial charge is 0.497 e. The first kappa shape index (κ1) is 24.2. The number of nitrogens with zero attached hydrogens (tertiary/aromatic N) is 3.